The van der Waals surface area contributed by atoms with Crippen molar-refractivity contribution in [2.24, 2.45) is 10.7 Å². The Labute approximate surface area is 74.3 Å². The molecule has 2 N–H and O–H groups in total. The molecular formula is C5H4BrF3N2O. The van der Waals surface area contributed by atoms with Crippen LogP contribution in [0.2, 0.25) is 0 Å². The molecule has 0 aromatic rings. The van der Waals surface area contributed by atoms with Gasteiger partial charge in [0.2, 0.25) is 0 Å². The van der Waals surface area contributed by atoms with E-state index in [-0.39, 0.29) is 4.48 Å². The molecule has 0 saturated carbocycles. The molecule has 0 aliphatic rings. The maximum atomic E-state index is 11.5. The maximum absolute atomic E-state index is 11.5. The van der Waals surface area contributed by atoms with E-state index < -0.39 is 12.1 Å². The Bertz CT molecular complexity index is 233. The first kappa shape index (κ1) is 11.2. The van der Waals surface area contributed by atoms with Gasteiger partial charge in [-0.1, -0.05) is 0 Å². The minimum absolute atomic E-state index is 0.0973. The van der Waals surface area contributed by atoms with Crippen LogP contribution in [0.15, 0.2) is 15.7 Å². The van der Waals surface area contributed by atoms with E-state index in [1.807, 2.05) is 0 Å². The number of halogens is 4. The van der Waals surface area contributed by atoms with E-state index in [1.54, 1.807) is 0 Å². The van der Waals surface area contributed by atoms with Crippen LogP contribution in [0, 0.1) is 0 Å². The number of rotatable bonds is 1. The van der Waals surface area contributed by atoms with Crippen LogP contribution in [-0.2, 0) is 4.79 Å². The molecule has 0 saturated heterocycles. The van der Waals surface area contributed by atoms with Gasteiger partial charge in [0.15, 0.2) is 0 Å². The summed E-state index contributed by atoms with van der Waals surface area (Å²) < 4.78 is 34.5. The van der Waals surface area contributed by atoms with Crippen molar-refractivity contribution in [3.63, 3.8) is 0 Å². The highest BCUT2D eigenvalue weighted by Crippen LogP contribution is 2.16. The van der Waals surface area contributed by atoms with Gasteiger partial charge >= 0.3 is 12.1 Å². The normalized spacial score (nSPS) is 13.8. The predicted octanol–water partition coefficient (Wildman–Crippen LogP) is 1.34. The molecule has 0 atom stereocenters. The summed E-state index contributed by atoms with van der Waals surface area (Å²) in [6.07, 6.45) is -3.29. The third-order valence-corrected chi connectivity index (χ3v) is 1.18. The monoisotopic (exact) mass is 244 g/mol. The molecular weight excluding hydrogens is 241 g/mol. The second-order valence-electron chi connectivity index (χ2n) is 1.61. The van der Waals surface area contributed by atoms with Gasteiger partial charge in [-0.05, 0) is 15.9 Å². The molecule has 0 unspecified atom stereocenters. The fourth-order valence-corrected chi connectivity index (χ4v) is 0.339. The SMILES string of the molecule is NC=C(Br)C=NC(=O)C(F)(F)F. The van der Waals surface area contributed by atoms with Crippen LogP contribution < -0.4 is 5.73 Å². The zero-order valence-electron chi connectivity index (χ0n) is 5.60. The Morgan fingerprint density at radius 2 is 2.00 bits per heavy atom. The lowest BCUT2D eigenvalue weighted by atomic mass is 10.6. The number of carbonyl (C=O) groups excluding carboxylic acids is 1. The lowest BCUT2D eigenvalue weighted by Crippen LogP contribution is -2.20. The molecule has 0 spiro atoms. The number of amides is 1. The number of nitrogens with two attached hydrogens (primary N) is 1. The van der Waals surface area contributed by atoms with E-state index in [4.69, 9.17) is 5.73 Å². The Kier molecular flexibility index (Phi) is 3.94. The summed E-state index contributed by atoms with van der Waals surface area (Å²) in [6.45, 7) is 0. The Balaban J connectivity index is 4.29. The topological polar surface area (TPSA) is 55.4 Å². The number of aliphatic imine (C=N–C) groups is 1. The zero-order valence-corrected chi connectivity index (χ0v) is 7.19. The highest BCUT2D eigenvalue weighted by molar-refractivity contribution is 9.12. The van der Waals surface area contributed by atoms with Crippen LogP contribution in [0.3, 0.4) is 0 Å². The van der Waals surface area contributed by atoms with E-state index in [9.17, 15) is 18.0 Å². The zero-order chi connectivity index (χ0) is 9.78. The Hall–Kier alpha value is -0.850. The second-order valence-corrected chi connectivity index (χ2v) is 2.53. The van der Waals surface area contributed by atoms with Gasteiger partial charge in [-0.25, -0.2) is 4.99 Å². The van der Waals surface area contributed by atoms with Crippen molar-refractivity contribution in [1.82, 2.24) is 0 Å². The second kappa shape index (κ2) is 4.24. The van der Waals surface area contributed by atoms with E-state index in [1.165, 1.54) is 0 Å². The molecule has 3 nitrogen and oxygen atoms in total. The van der Waals surface area contributed by atoms with Crippen LogP contribution in [0.4, 0.5) is 13.2 Å². The highest BCUT2D eigenvalue weighted by atomic mass is 79.9. The molecule has 0 rings (SSSR count). The first-order valence-corrected chi connectivity index (χ1v) is 3.40. The number of nitrogens with zero attached hydrogens (tertiary/aromatic N) is 1. The van der Waals surface area contributed by atoms with Crippen molar-refractivity contribution in [2.45, 2.75) is 6.18 Å². The number of alkyl halides is 3. The van der Waals surface area contributed by atoms with Crippen molar-refractivity contribution < 1.29 is 18.0 Å². The Morgan fingerprint density at radius 3 is 2.33 bits per heavy atom. The van der Waals surface area contributed by atoms with Gasteiger partial charge in [0.25, 0.3) is 0 Å². The lowest BCUT2D eigenvalue weighted by Gasteiger charge is -1.97. The van der Waals surface area contributed by atoms with E-state index in [0.29, 0.717) is 6.21 Å². The molecule has 0 fully saturated rings. The average molecular weight is 245 g/mol. The summed E-state index contributed by atoms with van der Waals surface area (Å²) in [5.74, 6) is -2.17. The summed E-state index contributed by atoms with van der Waals surface area (Å²) in [5, 5.41) is 0. The van der Waals surface area contributed by atoms with Crippen molar-refractivity contribution in [3.05, 3.63) is 10.7 Å². The van der Waals surface area contributed by atoms with Crippen LogP contribution in [0.1, 0.15) is 0 Å². The van der Waals surface area contributed by atoms with E-state index in [0.717, 1.165) is 6.20 Å². The van der Waals surface area contributed by atoms with Crippen LogP contribution >= 0.6 is 15.9 Å². The molecule has 1 amide bonds. The molecule has 0 heterocycles. The summed E-state index contributed by atoms with van der Waals surface area (Å²) in [6, 6.07) is 0. The van der Waals surface area contributed by atoms with Gasteiger partial charge in [-0.2, -0.15) is 13.2 Å². The van der Waals surface area contributed by atoms with Gasteiger partial charge in [-0.15, -0.1) is 0 Å². The van der Waals surface area contributed by atoms with Crippen LogP contribution in [0.5, 0.6) is 0 Å². The molecule has 7 heteroatoms. The third kappa shape index (κ3) is 4.12. The van der Waals surface area contributed by atoms with E-state index in [2.05, 4.69) is 20.9 Å². The molecule has 0 aromatic carbocycles. The highest BCUT2D eigenvalue weighted by Gasteiger charge is 2.38. The fourth-order valence-electron chi connectivity index (χ4n) is 0.237. The number of hydrogen-bond donors (Lipinski definition) is 1. The first-order valence-electron chi connectivity index (χ1n) is 2.60. The van der Waals surface area contributed by atoms with Gasteiger partial charge in [0.1, 0.15) is 0 Å². The van der Waals surface area contributed by atoms with Gasteiger partial charge < -0.3 is 5.73 Å². The van der Waals surface area contributed by atoms with Crippen molar-refractivity contribution >= 4 is 28.1 Å². The lowest BCUT2D eigenvalue weighted by molar-refractivity contribution is -0.169. The van der Waals surface area contributed by atoms with Crippen molar-refractivity contribution in [2.75, 3.05) is 0 Å². The number of carbonyl (C=O) groups is 1. The van der Waals surface area contributed by atoms with Crippen LogP contribution in [0.25, 0.3) is 0 Å². The maximum Gasteiger partial charge on any atom is 0.473 e. The standard InChI is InChI=1S/C5H4BrF3N2O/c6-3(1-10)2-11-4(12)5(7,8)9/h1-2H,10H2. The quantitative estimate of drug-likeness (QED) is 0.708. The first-order chi connectivity index (χ1) is 5.38. The van der Waals surface area contributed by atoms with Gasteiger partial charge in [0.05, 0.1) is 4.48 Å². The minimum atomic E-state index is -4.93. The fraction of sp³-hybridized carbons (Fsp3) is 0.200. The summed E-state index contributed by atoms with van der Waals surface area (Å²) in [4.78, 5) is 12.7. The average Bonchev–Trinajstić information content (AvgIpc) is 1.97. The molecule has 12 heavy (non-hydrogen) atoms. The Morgan fingerprint density at radius 1 is 1.50 bits per heavy atom. The smallest absolute Gasteiger partial charge is 0.404 e. The van der Waals surface area contributed by atoms with Crippen molar-refractivity contribution in [3.8, 4) is 0 Å². The predicted molar refractivity (Wildman–Crippen MR) is 40.8 cm³/mol. The molecule has 0 bridgehead atoms. The number of allylic oxidation sites excluding steroid dienone is 1. The van der Waals surface area contributed by atoms with Crippen molar-refractivity contribution in [1.29, 1.82) is 0 Å². The van der Waals surface area contributed by atoms with Crippen LogP contribution in [-0.4, -0.2) is 18.3 Å². The van der Waals surface area contributed by atoms with E-state index >= 15 is 0 Å². The molecule has 0 aliphatic carbocycles. The van der Waals surface area contributed by atoms with Gasteiger partial charge in [-0.3, -0.25) is 4.79 Å². The summed E-state index contributed by atoms with van der Waals surface area (Å²) >= 11 is 2.74. The molecule has 0 aromatic heterocycles. The minimum Gasteiger partial charge on any atom is -0.404 e. The largest absolute Gasteiger partial charge is 0.473 e. The molecule has 0 aliphatic heterocycles. The summed E-state index contributed by atoms with van der Waals surface area (Å²) in [5.41, 5.74) is 4.87. The molecule has 0 radical (unpaired) electrons. The van der Waals surface area contributed by atoms with Gasteiger partial charge in [0, 0.05) is 12.4 Å². The molecule has 68 valence electrons. The number of hydrogen-bond acceptors (Lipinski definition) is 2. The third-order valence-electron chi connectivity index (χ3n) is 0.707. The summed E-state index contributed by atoms with van der Waals surface area (Å²) in [7, 11) is 0.